The van der Waals surface area contributed by atoms with Crippen LogP contribution in [0.3, 0.4) is 0 Å². The maximum absolute atomic E-state index is 13.0. The first-order chi connectivity index (χ1) is 12.5. The summed E-state index contributed by atoms with van der Waals surface area (Å²) in [4.78, 5) is 21.2. The predicted molar refractivity (Wildman–Crippen MR) is 97.8 cm³/mol. The van der Waals surface area contributed by atoms with Gasteiger partial charge in [-0.25, -0.2) is 14.4 Å². The van der Waals surface area contributed by atoms with E-state index in [9.17, 15) is 9.18 Å². The van der Waals surface area contributed by atoms with Gasteiger partial charge in [-0.2, -0.15) is 0 Å². The quantitative estimate of drug-likeness (QED) is 0.766. The summed E-state index contributed by atoms with van der Waals surface area (Å²) in [5.74, 6) is 0.364. The van der Waals surface area contributed by atoms with Gasteiger partial charge in [0.25, 0.3) is 5.91 Å². The molecule has 3 aromatic rings. The van der Waals surface area contributed by atoms with Crippen molar-refractivity contribution in [2.45, 2.75) is 13.8 Å². The second kappa shape index (κ2) is 7.31. The van der Waals surface area contributed by atoms with Crippen LogP contribution in [-0.4, -0.2) is 23.0 Å². The second-order valence-corrected chi connectivity index (χ2v) is 5.86. The lowest BCUT2D eigenvalue weighted by Crippen LogP contribution is -2.15. The van der Waals surface area contributed by atoms with E-state index in [-0.39, 0.29) is 11.7 Å². The number of ether oxygens (including phenoxy) is 1. The molecule has 0 atom stereocenters. The van der Waals surface area contributed by atoms with Crippen molar-refractivity contribution in [3.8, 4) is 17.1 Å². The zero-order valence-corrected chi connectivity index (χ0v) is 14.7. The van der Waals surface area contributed by atoms with Crippen LogP contribution in [0.25, 0.3) is 11.4 Å². The van der Waals surface area contributed by atoms with Crippen molar-refractivity contribution in [2.24, 2.45) is 0 Å². The minimum atomic E-state index is -0.325. The third-order valence-electron chi connectivity index (χ3n) is 3.93. The van der Waals surface area contributed by atoms with Crippen molar-refractivity contribution in [3.63, 3.8) is 0 Å². The third kappa shape index (κ3) is 3.69. The molecule has 1 aromatic heterocycles. The molecule has 2 aromatic carbocycles. The molecule has 0 fully saturated rings. The summed E-state index contributed by atoms with van der Waals surface area (Å²) in [6.45, 7) is 3.66. The number of rotatable bonds is 4. The van der Waals surface area contributed by atoms with E-state index in [1.807, 2.05) is 19.1 Å². The van der Waals surface area contributed by atoms with E-state index < -0.39 is 0 Å². The van der Waals surface area contributed by atoms with Gasteiger partial charge >= 0.3 is 0 Å². The van der Waals surface area contributed by atoms with Gasteiger partial charge in [0.15, 0.2) is 5.82 Å². The normalized spacial score (nSPS) is 10.5. The number of nitrogens with one attached hydrogen (secondary N) is 1. The summed E-state index contributed by atoms with van der Waals surface area (Å²) in [7, 11) is 1.55. The highest BCUT2D eigenvalue weighted by atomic mass is 19.1. The Bertz CT molecular complexity index is 956. The van der Waals surface area contributed by atoms with E-state index >= 15 is 0 Å². The third-order valence-corrected chi connectivity index (χ3v) is 3.93. The number of hydrogen-bond donors (Lipinski definition) is 1. The predicted octanol–water partition coefficient (Wildman–Crippen LogP) is 4.16. The van der Waals surface area contributed by atoms with Crippen LogP contribution in [-0.2, 0) is 0 Å². The molecule has 0 saturated carbocycles. The summed E-state index contributed by atoms with van der Waals surface area (Å²) in [6, 6.07) is 11.4. The van der Waals surface area contributed by atoms with Crippen molar-refractivity contribution < 1.29 is 13.9 Å². The van der Waals surface area contributed by atoms with Crippen molar-refractivity contribution >= 4 is 11.6 Å². The lowest BCUT2D eigenvalue weighted by Gasteiger charge is -2.12. The molecule has 26 heavy (non-hydrogen) atoms. The SMILES string of the molecule is COc1ccc(C)cc1NC(=O)c1cnc(-c2ccc(F)cc2)nc1C. The maximum Gasteiger partial charge on any atom is 0.259 e. The molecule has 0 radical (unpaired) electrons. The van der Waals surface area contributed by atoms with Crippen molar-refractivity contribution in [1.29, 1.82) is 0 Å². The Morgan fingerprint density at radius 2 is 1.85 bits per heavy atom. The molecule has 6 heteroatoms. The zero-order chi connectivity index (χ0) is 18.7. The Kier molecular flexibility index (Phi) is 4.93. The number of amides is 1. The van der Waals surface area contributed by atoms with Crippen molar-refractivity contribution in [2.75, 3.05) is 12.4 Å². The summed E-state index contributed by atoms with van der Waals surface area (Å²) in [6.07, 6.45) is 1.47. The standard InChI is InChI=1S/C20H18FN3O2/c1-12-4-9-18(26-3)17(10-12)24-20(25)16-11-22-19(23-13(16)2)14-5-7-15(21)8-6-14/h4-11H,1-3H3,(H,24,25). The van der Waals surface area contributed by atoms with Gasteiger partial charge in [-0.1, -0.05) is 6.07 Å². The molecule has 132 valence electrons. The van der Waals surface area contributed by atoms with Crippen molar-refractivity contribution in [1.82, 2.24) is 9.97 Å². The number of methoxy groups -OCH3 is 1. The highest BCUT2D eigenvalue weighted by molar-refractivity contribution is 6.05. The van der Waals surface area contributed by atoms with Crippen molar-refractivity contribution in [3.05, 3.63) is 71.3 Å². The van der Waals surface area contributed by atoms with Crippen LogP contribution < -0.4 is 10.1 Å². The average molecular weight is 351 g/mol. The lowest BCUT2D eigenvalue weighted by atomic mass is 10.1. The molecule has 0 spiro atoms. The van der Waals surface area contributed by atoms with Gasteiger partial charge in [0.2, 0.25) is 0 Å². The molecule has 0 saturated heterocycles. The molecule has 3 rings (SSSR count). The summed E-state index contributed by atoms with van der Waals surface area (Å²) >= 11 is 0. The topological polar surface area (TPSA) is 64.1 Å². The minimum Gasteiger partial charge on any atom is -0.495 e. The molecular weight excluding hydrogens is 333 g/mol. The van der Waals surface area contributed by atoms with E-state index in [0.29, 0.717) is 34.1 Å². The fourth-order valence-corrected chi connectivity index (χ4v) is 2.54. The highest BCUT2D eigenvalue weighted by Crippen LogP contribution is 2.26. The number of benzene rings is 2. The zero-order valence-electron chi connectivity index (χ0n) is 14.7. The first-order valence-electron chi connectivity index (χ1n) is 8.03. The van der Waals surface area contributed by atoms with Gasteiger partial charge in [0.1, 0.15) is 11.6 Å². The molecular formula is C20H18FN3O2. The summed E-state index contributed by atoms with van der Waals surface area (Å²) in [5, 5.41) is 2.83. The average Bonchev–Trinajstić information content (AvgIpc) is 2.62. The largest absolute Gasteiger partial charge is 0.495 e. The highest BCUT2D eigenvalue weighted by Gasteiger charge is 2.15. The van der Waals surface area contributed by atoms with Crippen LogP contribution in [0.4, 0.5) is 10.1 Å². The van der Waals surface area contributed by atoms with E-state index in [2.05, 4.69) is 15.3 Å². The van der Waals surface area contributed by atoms with Crippen LogP contribution in [0, 0.1) is 19.7 Å². The summed E-state index contributed by atoms with van der Waals surface area (Å²) in [5.41, 5.74) is 3.16. The van der Waals surface area contributed by atoms with Crippen LogP contribution in [0.5, 0.6) is 5.75 Å². The molecule has 0 bridgehead atoms. The smallest absolute Gasteiger partial charge is 0.259 e. The van der Waals surface area contributed by atoms with Gasteiger partial charge in [0.05, 0.1) is 24.1 Å². The number of anilines is 1. The van der Waals surface area contributed by atoms with Crippen LogP contribution >= 0.6 is 0 Å². The number of aromatic nitrogens is 2. The Balaban J connectivity index is 1.86. The monoisotopic (exact) mass is 351 g/mol. The first kappa shape index (κ1) is 17.5. The fraction of sp³-hybridized carbons (Fsp3) is 0.150. The Morgan fingerprint density at radius 3 is 2.50 bits per heavy atom. The fourth-order valence-electron chi connectivity index (χ4n) is 2.54. The Hall–Kier alpha value is -3.28. The maximum atomic E-state index is 13.0. The van der Waals surface area contributed by atoms with E-state index in [0.717, 1.165) is 5.56 Å². The molecule has 1 amide bonds. The van der Waals surface area contributed by atoms with Crippen LogP contribution in [0.2, 0.25) is 0 Å². The van der Waals surface area contributed by atoms with E-state index in [4.69, 9.17) is 4.74 Å². The number of carbonyl (C=O) groups is 1. The number of halogens is 1. The number of carbonyl (C=O) groups excluding carboxylic acids is 1. The Morgan fingerprint density at radius 1 is 1.12 bits per heavy atom. The second-order valence-electron chi connectivity index (χ2n) is 5.86. The molecule has 0 aliphatic heterocycles. The number of hydrogen-bond acceptors (Lipinski definition) is 4. The number of aryl methyl sites for hydroxylation is 2. The van der Waals surface area contributed by atoms with Gasteiger partial charge in [-0.3, -0.25) is 4.79 Å². The number of nitrogens with zero attached hydrogens (tertiary/aromatic N) is 2. The van der Waals surface area contributed by atoms with Crippen LogP contribution in [0.1, 0.15) is 21.6 Å². The van der Waals surface area contributed by atoms with Gasteiger partial charge < -0.3 is 10.1 Å². The van der Waals surface area contributed by atoms with Gasteiger partial charge in [-0.15, -0.1) is 0 Å². The molecule has 1 N–H and O–H groups in total. The summed E-state index contributed by atoms with van der Waals surface area (Å²) < 4.78 is 18.3. The lowest BCUT2D eigenvalue weighted by molar-refractivity contribution is 0.102. The van der Waals surface area contributed by atoms with Gasteiger partial charge in [0, 0.05) is 11.8 Å². The molecule has 0 aliphatic carbocycles. The molecule has 1 heterocycles. The van der Waals surface area contributed by atoms with E-state index in [1.54, 1.807) is 32.2 Å². The Labute approximate surface area is 150 Å². The molecule has 0 unspecified atom stereocenters. The minimum absolute atomic E-state index is 0.322. The van der Waals surface area contributed by atoms with E-state index in [1.165, 1.54) is 18.3 Å². The molecule has 0 aliphatic rings. The van der Waals surface area contributed by atoms with Gasteiger partial charge in [-0.05, 0) is 55.8 Å². The first-order valence-corrected chi connectivity index (χ1v) is 8.03. The molecule has 5 nitrogen and oxygen atoms in total. The van der Waals surface area contributed by atoms with Crippen LogP contribution in [0.15, 0.2) is 48.7 Å².